The number of aliphatic hydroxyl groups excluding tert-OH is 1. The number of rotatable bonds is 4. The fraction of sp³-hybridized carbons (Fsp3) is 0.522. The van der Waals surface area contributed by atoms with Gasteiger partial charge in [0, 0.05) is 62.0 Å². The van der Waals surface area contributed by atoms with Gasteiger partial charge < -0.3 is 19.3 Å². The Labute approximate surface area is 171 Å². The molecule has 3 heterocycles. The lowest BCUT2D eigenvalue weighted by atomic mass is 9.79. The van der Waals surface area contributed by atoms with Gasteiger partial charge in [0.2, 0.25) is 11.7 Å². The summed E-state index contributed by atoms with van der Waals surface area (Å²) in [6.07, 6.45) is 5.84. The van der Waals surface area contributed by atoms with E-state index in [1.165, 1.54) is 0 Å². The van der Waals surface area contributed by atoms with Crippen molar-refractivity contribution in [3.05, 3.63) is 42.1 Å². The summed E-state index contributed by atoms with van der Waals surface area (Å²) >= 11 is 0. The van der Waals surface area contributed by atoms with Crippen molar-refractivity contribution in [3.8, 4) is 22.8 Å². The molecular formula is C23H28N2O4. The number of ether oxygens (including phenoxy) is 3. The first-order chi connectivity index (χ1) is 14.2. The molecule has 1 aromatic carbocycles. The Hall–Kier alpha value is -2.15. The minimum atomic E-state index is -0.493. The van der Waals surface area contributed by atoms with Crippen LogP contribution in [0.1, 0.15) is 31.2 Å². The monoisotopic (exact) mass is 396 g/mol. The Morgan fingerprint density at radius 2 is 1.97 bits per heavy atom. The molecule has 1 N–H and O–H groups in total. The van der Waals surface area contributed by atoms with Gasteiger partial charge in [-0.2, -0.15) is 0 Å². The lowest BCUT2D eigenvalue weighted by Gasteiger charge is -2.49. The normalized spacial score (nSPS) is 25.7. The topological polar surface area (TPSA) is 64.1 Å². The predicted octanol–water partition coefficient (Wildman–Crippen LogP) is 3.23. The van der Waals surface area contributed by atoms with Crippen LogP contribution >= 0.6 is 0 Å². The molecule has 0 bridgehead atoms. The van der Waals surface area contributed by atoms with Gasteiger partial charge in [-0.3, -0.25) is 4.90 Å². The number of methoxy groups -OCH3 is 1. The van der Waals surface area contributed by atoms with Crippen molar-refractivity contribution in [2.45, 2.75) is 44.1 Å². The average Bonchev–Trinajstić information content (AvgIpc) is 2.74. The molecule has 1 aliphatic carbocycles. The number of aliphatic hydroxyl groups is 1. The number of aromatic nitrogens is 1. The van der Waals surface area contributed by atoms with Crippen LogP contribution in [0.4, 0.5) is 0 Å². The van der Waals surface area contributed by atoms with Crippen LogP contribution in [0.25, 0.3) is 11.1 Å². The number of nitrogens with zero attached hydrogens (tertiary/aromatic N) is 2. The number of piperidine rings is 1. The van der Waals surface area contributed by atoms with Gasteiger partial charge in [-0.05, 0) is 42.5 Å². The summed E-state index contributed by atoms with van der Waals surface area (Å²) in [6, 6.07) is 10.8. The molecule has 0 amide bonds. The first-order valence-electron chi connectivity index (χ1n) is 10.5. The summed E-state index contributed by atoms with van der Waals surface area (Å²) in [4.78, 5) is 6.83. The van der Waals surface area contributed by atoms with Gasteiger partial charge in [0.1, 0.15) is 5.75 Å². The number of pyridine rings is 1. The van der Waals surface area contributed by atoms with Gasteiger partial charge >= 0.3 is 0 Å². The van der Waals surface area contributed by atoms with E-state index in [9.17, 15) is 5.11 Å². The van der Waals surface area contributed by atoms with Crippen molar-refractivity contribution in [1.82, 2.24) is 9.88 Å². The number of fused-ring (bicyclic) bond motifs is 1. The van der Waals surface area contributed by atoms with Crippen LogP contribution in [0.2, 0.25) is 0 Å². The van der Waals surface area contributed by atoms with E-state index in [1.807, 2.05) is 18.3 Å². The zero-order chi connectivity index (χ0) is 19.8. The van der Waals surface area contributed by atoms with Gasteiger partial charge in [0.05, 0.1) is 13.7 Å². The van der Waals surface area contributed by atoms with Crippen LogP contribution in [0.15, 0.2) is 36.5 Å². The third-order valence-corrected chi connectivity index (χ3v) is 6.67. The van der Waals surface area contributed by atoms with Crippen LogP contribution in [-0.2, 0) is 11.3 Å². The van der Waals surface area contributed by atoms with Crippen LogP contribution < -0.4 is 9.47 Å². The number of hydrogen-bond acceptors (Lipinski definition) is 6. The van der Waals surface area contributed by atoms with E-state index >= 15 is 0 Å². The first-order valence-corrected chi connectivity index (χ1v) is 10.5. The van der Waals surface area contributed by atoms with Crippen molar-refractivity contribution < 1.29 is 19.3 Å². The summed E-state index contributed by atoms with van der Waals surface area (Å²) in [5.74, 6) is 1.55. The molecule has 6 nitrogen and oxygen atoms in total. The molecule has 2 aliphatic heterocycles. The minimum Gasteiger partial charge on any atom is -0.481 e. The van der Waals surface area contributed by atoms with E-state index in [-0.39, 0.29) is 0 Å². The molecule has 6 heteroatoms. The Morgan fingerprint density at radius 3 is 2.66 bits per heavy atom. The molecule has 1 saturated heterocycles. The molecule has 0 atom stereocenters. The second-order valence-corrected chi connectivity index (χ2v) is 8.42. The Balaban J connectivity index is 1.24. The maximum absolute atomic E-state index is 9.24. The molecule has 0 radical (unpaired) electrons. The smallest absolute Gasteiger partial charge is 0.213 e. The van der Waals surface area contributed by atoms with Crippen molar-refractivity contribution >= 4 is 0 Å². The van der Waals surface area contributed by atoms with E-state index < -0.39 is 5.79 Å². The van der Waals surface area contributed by atoms with Crippen molar-refractivity contribution in [3.63, 3.8) is 0 Å². The van der Waals surface area contributed by atoms with E-state index in [0.717, 1.165) is 61.2 Å². The fourth-order valence-corrected chi connectivity index (χ4v) is 4.71. The minimum absolute atomic E-state index is 0.325. The third-order valence-electron chi connectivity index (χ3n) is 6.67. The molecule has 2 fully saturated rings. The third kappa shape index (κ3) is 3.61. The SMILES string of the molecule is COc1ccc(-c2ccc3c(c2)COC2(CCN(C4CC(CO)C4)CC2)O3)cn1. The molecule has 1 saturated carbocycles. The van der Waals surface area contributed by atoms with Crippen LogP contribution in [0.3, 0.4) is 0 Å². The standard InChI is InChI=1S/C23H28N2O4/c1-27-22-5-3-18(13-24-22)17-2-4-21-19(12-17)15-28-23(29-21)6-8-25(9-7-23)20-10-16(11-20)14-26/h2-5,12-13,16,20,26H,6-11,14-15H2,1H3. The van der Waals surface area contributed by atoms with E-state index in [4.69, 9.17) is 14.2 Å². The second-order valence-electron chi connectivity index (χ2n) is 8.42. The maximum atomic E-state index is 9.24. The average molecular weight is 396 g/mol. The Kier molecular flexibility index (Phi) is 4.94. The molecule has 2 aromatic rings. The quantitative estimate of drug-likeness (QED) is 0.856. The molecule has 154 valence electrons. The van der Waals surface area contributed by atoms with Gasteiger partial charge in [-0.1, -0.05) is 6.07 Å². The summed E-state index contributed by atoms with van der Waals surface area (Å²) in [5.41, 5.74) is 3.22. The van der Waals surface area contributed by atoms with Gasteiger partial charge in [0.15, 0.2) is 0 Å². The molecule has 1 aromatic heterocycles. The molecular weight excluding hydrogens is 368 g/mol. The van der Waals surface area contributed by atoms with Crippen molar-refractivity contribution in [2.75, 3.05) is 26.8 Å². The van der Waals surface area contributed by atoms with Gasteiger partial charge in [-0.25, -0.2) is 4.98 Å². The number of likely N-dealkylation sites (tertiary alicyclic amines) is 1. The molecule has 0 unspecified atom stereocenters. The fourth-order valence-electron chi connectivity index (χ4n) is 4.71. The zero-order valence-corrected chi connectivity index (χ0v) is 16.8. The largest absolute Gasteiger partial charge is 0.481 e. The van der Waals surface area contributed by atoms with Crippen molar-refractivity contribution in [1.29, 1.82) is 0 Å². The van der Waals surface area contributed by atoms with E-state index in [0.29, 0.717) is 31.1 Å². The van der Waals surface area contributed by atoms with Crippen molar-refractivity contribution in [2.24, 2.45) is 5.92 Å². The van der Waals surface area contributed by atoms with E-state index in [2.05, 4.69) is 28.1 Å². The number of hydrogen-bond donors (Lipinski definition) is 1. The summed E-state index contributed by atoms with van der Waals surface area (Å²) in [5, 5.41) is 9.24. The van der Waals surface area contributed by atoms with Crippen LogP contribution in [0.5, 0.6) is 11.6 Å². The second kappa shape index (κ2) is 7.59. The zero-order valence-electron chi connectivity index (χ0n) is 16.8. The molecule has 5 rings (SSSR count). The highest BCUT2D eigenvalue weighted by Crippen LogP contribution is 2.41. The molecule has 1 spiro atoms. The highest BCUT2D eigenvalue weighted by atomic mass is 16.7. The van der Waals surface area contributed by atoms with Crippen LogP contribution in [0, 0.1) is 5.92 Å². The Bertz CT molecular complexity index is 856. The summed E-state index contributed by atoms with van der Waals surface area (Å²) in [7, 11) is 1.62. The Morgan fingerprint density at radius 1 is 1.17 bits per heavy atom. The lowest BCUT2D eigenvalue weighted by molar-refractivity contribution is -0.232. The highest BCUT2D eigenvalue weighted by molar-refractivity contribution is 5.65. The lowest BCUT2D eigenvalue weighted by Crippen LogP contribution is -2.56. The predicted molar refractivity (Wildman–Crippen MR) is 109 cm³/mol. The maximum Gasteiger partial charge on any atom is 0.213 e. The van der Waals surface area contributed by atoms with Gasteiger partial charge in [0.25, 0.3) is 0 Å². The summed E-state index contributed by atoms with van der Waals surface area (Å²) < 4.78 is 17.8. The molecule has 29 heavy (non-hydrogen) atoms. The summed E-state index contributed by atoms with van der Waals surface area (Å²) in [6.45, 7) is 2.89. The van der Waals surface area contributed by atoms with Gasteiger partial charge in [-0.15, -0.1) is 0 Å². The molecule has 3 aliphatic rings. The highest BCUT2D eigenvalue weighted by Gasteiger charge is 2.44. The van der Waals surface area contributed by atoms with E-state index in [1.54, 1.807) is 7.11 Å². The first kappa shape index (κ1) is 18.9. The van der Waals surface area contributed by atoms with Crippen LogP contribution in [-0.4, -0.2) is 53.6 Å². The number of benzene rings is 1.